The van der Waals surface area contributed by atoms with Crippen LogP contribution in [0.3, 0.4) is 0 Å². The SMILES string of the molecule is COc1ccc(OC(C)C(=O)Nc2cc(C(=O)O)cc(OC)c2OC)cc1. The number of carbonyl (C=O) groups is 2. The van der Waals surface area contributed by atoms with Crippen molar-refractivity contribution in [1.82, 2.24) is 0 Å². The van der Waals surface area contributed by atoms with Crippen molar-refractivity contribution < 1.29 is 33.6 Å². The van der Waals surface area contributed by atoms with Gasteiger partial charge in [-0.2, -0.15) is 0 Å². The van der Waals surface area contributed by atoms with Gasteiger partial charge in [-0.15, -0.1) is 0 Å². The number of rotatable bonds is 8. The summed E-state index contributed by atoms with van der Waals surface area (Å²) in [5.74, 6) is -0.0735. The highest BCUT2D eigenvalue weighted by Gasteiger charge is 2.21. The van der Waals surface area contributed by atoms with Crippen LogP contribution in [0.15, 0.2) is 36.4 Å². The van der Waals surface area contributed by atoms with Crippen molar-refractivity contribution in [3.05, 3.63) is 42.0 Å². The highest BCUT2D eigenvalue weighted by Crippen LogP contribution is 2.36. The second-order valence-corrected chi connectivity index (χ2v) is 5.49. The Morgan fingerprint density at radius 3 is 2.11 bits per heavy atom. The summed E-state index contributed by atoms with van der Waals surface area (Å²) in [6.45, 7) is 1.57. The molecule has 8 nitrogen and oxygen atoms in total. The Balaban J connectivity index is 2.19. The third kappa shape index (κ3) is 4.81. The molecule has 2 rings (SSSR count). The third-order valence-corrected chi connectivity index (χ3v) is 3.73. The van der Waals surface area contributed by atoms with Crippen LogP contribution in [-0.2, 0) is 4.79 Å². The van der Waals surface area contributed by atoms with Crippen LogP contribution >= 0.6 is 0 Å². The van der Waals surface area contributed by atoms with Crippen molar-refractivity contribution in [3.63, 3.8) is 0 Å². The van der Waals surface area contributed by atoms with Gasteiger partial charge in [0, 0.05) is 0 Å². The molecule has 0 saturated carbocycles. The maximum atomic E-state index is 12.5. The first kappa shape index (κ1) is 19.9. The molecule has 144 valence electrons. The molecule has 0 aliphatic rings. The summed E-state index contributed by atoms with van der Waals surface area (Å²) in [5.41, 5.74) is 0.121. The van der Waals surface area contributed by atoms with E-state index in [1.165, 1.54) is 26.4 Å². The molecule has 27 heavy (non-hydrogen) atoms. The number of carboxylic acid groups (broad SMARTS) is 1. The van der Waals surface area contributed by atoms with Crippen LogP contribution in [0.4, 0.5) is 5.69 Å². The number of hydrogen-bond donors (Lipinski definition) is 2. The highest BCUT2D eigenvalue weighted by atomic mass is 16.5. The number of aromatic carboxylic acids is 1. The molecule has 0 saturated heterocycles. The van der Waals surface area contributed by atoms with E-state index in [0.717, 1.165) is 0 Å². The molecule has 1 unspecified atom stereocenters. The summed E-state index contributed by atoms with van der Waals surface area (Å²) < 4.78 is 21.1. The van der Waals surface area contributed by atoms with Crippen LogP contribution in [0.5, 0.6) is 23.0 Å². The van der Waals surface area contributed by atoms with E-state index in [4.69, 9.17) is 18.9 Å². The first-order chi connectivity index (χ1) is 12.9. The van der Waals surface area contributed by atoms with Crippen molar-refractivity contribution in [2.45, 2.75) is 13.0 Å². The summed E-state index contributed by atoms with van der Waals surface area (Å²) in [4.78, 5) is 23.8. The number of carbonyl (C=O) groups excluding carboxylic acids is 1. The minimum Gasteiger partial charge on any atom is -0.497 e. The Kier molecular flexibility index (Phi) is 6.48. The molecule has 0 heterocycles. The molecule has 8 heteroatoms. The maximum absolute atomic E-state index is 12.5. The lowest BCUT2D eigenvalue weighted by atomic mass is 10.1. The lowest BCUT2D eigenvalue weighted by molar-refractivity contribution is -0.122. The molecule has 2 N–H and O–H groups in total. The number of benzene rings is 2. The predicted molar refractivity (Wildman–Crippen MR) is 98.2 cm³/mol. The Hall–Kier alpha value is -3.42. The minimum absolute atomic E-state index is 0.0494. The molecule has 1 atom stereocenters. The first-order valence-electron chi connectivity index (χ1n) is 8.00. The number of nitrogens with one attached hydrogen (secondary N) is 1. The van der Waals surface area contributed by atoms with Gasteiger partial charge in [0.15, 0.2) is 17.6 Å². The normalized spacial score (nSPS) is 11.3. The molecule has 0 aliphatic heterocycles. The third-order valence-electron chi connectivity index (χ3n) is 3.73. The number of ether oxygens (including phenoxy) is 4. The molecule has 0 aliphatic carbocycles. The summed E-state index contributed by atoms with van der Waals surface area (Å²) >= 11 is 0. The number of methoxy groups -OCH3 is 3. The highest BCUT2D eigenvalue weighted by molar-refractivity contribution is 5.98. The summed E-state index contributed by atoms with van der Waals surface area (Å²) in [7, 11) is 4.33. The van der Waals surface area contributed by atoms with Gasteiger partial charge in [-0.3, -0.25) is 4.79 Å². The topological polar surface area (TPSA) is 103 Å². The van der Waals surface area contributed by atoms with E-state index in [0.29, 0.717) is 11.5 Å². The van der Waals surface area contributed by atoms with Gasteiger partial charge in [0.25, 0.3) is 5.91 Å². The number of anilines is 1. The molecular weight excluding hydrogens is 354 g/mol. The summed E-state index contributed by atoms with van der Waals surface area (Å²) in [6.07, 6.45) is -0.845. The fraction of sp³-hybridized carbons (Fsp3) is 0.263. The average molecular weight is 375 g/mol. The summed E-state index contributed by atoms with van der Waals surface area (Å²) in [6, 6.07) is 9.39. The van der Waals surface area contributed by atoms with Gasteiger partial charge in [-0.1, -0.05) is 0 Å². The first-order valence-corrected chi connectivity index (χ1v) is 8.00. The van der Waals surface area contributed by atoms with E-state index in [1.807, 2.05) is 0 Å². The van der Waals surface area contributed by atoms with E-state index in [9.17, 15) is 14.7 Å². The van der Waals surface area contributed by atoms with Gasteiger partial charge in [-0.05, 0) is 43.3 Å². The molecule has 2 aromatic rings. The zero-order valence-electron chi connectivity index (χ0n) is 15.4. The van der Waals surface area contributed by atoms with E-state index in [1.54, 1.807) is 38.3 Å². The molecule has 0 fully saturated rings. The van der Waals surface area contributed by atoms with Crippen LogP contribution < -0.4 is 24.3 Å². The van der Waals surface area contributed by atoms with Gasteiger partial charge in [0.1, 0.15) is 11.5 Å². The molecule has 2 aromatic carbocycles. The van der Waals surface area contributed by atoms with Gasteiger partial charge < -0.3 is 29.4 Å². The standard InChI is InChI=1S/C19H21NO7/c1-11(27-14-7-5-13(24-2)6-8-14)18(21)20-15-9-12(19(22)23)10-16(25-3)17(15)26-4/h5-11H,1-4H3,(H,20,21)(H,22,23). The van der Waals surface area contributed by atoms with E-state index in [2.05, 4.69) is 5.32 Å². The van der Waals surface area contributed by atoms with Crippen molar-refractivity contribution in [2.75, 3.05) is 26.6 Å². The maximum Gasteiger partial charge on any atom is 0.335 e. The Labute approximate surface area is 156 Å². The van der Waals surface area contributed by atoms with Crippen molar-refractivity contribution in [2.24, 2.45) is 0 Å². The Morgan fingerprint density at radius 1 is 0.963 bits per heavy atom. The molecular formula is C19H21NO7. The van der Waals surface area contributed by atoms with Gasteiger partial charge in [0.2, 0.25) is 0 Å². The predicted octanol–water partition coefficient (Wildman–Crippen LogP) is 2.82. The Morgan fingerprint density at radius 2 is 1.59 bits per heavy atom. The van der Waals surface area contributed by atoms with E-state index < -0.39 is 18.0 Å². The molecule has 0 bridgehead atoms. The van der Waals surface area contributed by atoms with Crippen molar-refractivity contribution in [3.8, 4) is 23.0 Å². The quantitative estimate of drug-likeness (QED) is 0.731. The molecule has 0 aromatic heterocycles. The van der Waals surface area contributed by atoms with Crippen LogP contribution in [0.25, 0.3) is 0 Å². The fourth-order valence-electron chi connectivity index (χ4n) is 2.33. The molecule has 1 amide bonds. The Bertz CT molecular complexity index is 818. The summed E-state index contributed by atoms with van der Waals surface area (Å²) in [5, 5.41) is 11.8. The second-order valence-electron chi connectivity index (χ2n) is 5.49. The van der Waals surface area contributed by atoms with Gasteiger partial charge in [-0.25, -0.2) is 4.79 Å². The number of amides is 1. The zero-order chi connectivity index (χ0) is 20.0. The largest absolute Gasteiger partial charge is 0.497 e. The van der Waals surface area contributed by atoms with Gasteiger partial charge >= 0.3 is 5.97 Å². The van der Waals surface area contributed by atoms with Crippen LogP contribution in [0.1, 0.15) is 17.3 Å². The smallest absolute Gasteiger partial charge is 0.335 e. The molecule has 0 radical (unpaired) electrons. The molecule has 0 spiro atoms. The monoisotopic (exact) mass is 375 g/mol. The van der Waals surface area contributed by atoms with E-state index in [-0.39, 0.29) is 22.7 Å². The van der Waals surface area contributed by atoms with Crippen molar-refractivity contribution >= 4 is 17.6 Å². The second kappa shape index (κ2) is 8.79. The lowest BCUT2D eigenvalue weighted by Gasteiger charge is -2.18. The fourth-order valence-corrected chi connectivity index (χ4v) is 2.33. The van der Waals surface area contributed by atoms with Crippen LogP contribution in [0.2, 0.25) is 0 Å². The van der Waals surface area contributed by atoms with Crippen molar-refractivity contribution in [1.29, 1.82) is 0 Å². The van der Waals surface area contributed by atoms with Crippen LogP contribution in [-0.4, -0.2) is 44.4 Å². The number of hydrogen-bond acceptors (Lipinski definition) is 6. The zero-order valence-corrected chi connectivity index (χ0v) is 15.4. The lowest BCUT2D eigenvalue weighted by Crippen LogP contribution is -2.30. The van der Waals surface area contributed by atoms with E-state index >= 15 is 0 Å². The average Bonchev–Trinajstić information content (AvgIpc) is 2.67. The minimum atomic E-state index is -1.16. The van der Waals surface area contributed by atoms with Gasteiger partial charge in [0.05, 0.1) is 32.6 Å². The van der Waals surface area contributed by atoms with Crippen LogP contribution in [0, 0.1) is 0 Å². The number of carboxylic acids is 1.